The number of rotatable bonds is 7. The summed E-state index contributed by atoms with van der Waals surface area (Å²) >= 11 is 1.31. The third-order valence-electron chi connectivity index (χ3n) is 5.47. The van der Waals surface area contributed by atoms with E-state index in [-0.39, 0.29) is 11.5 Å². The van der Waals surface area contributed by atoms with Crippen molar-refractivity contribution in [2.24, 2.45) is 0 Å². The van der Waals surface area contributed by atoms with Gasteiger partial charge in [-0.2, -0.15) is 0 Å². The van der Waals surface area contributed by atoms with Crippen LogP contribution in [0, 0.1) is 0 Å². The van der Waals surface area contributed by atoms with Crippen LogP contribution in [0.25, 0.3) is 10.2 Å². The highest BCUT2D eigenvalue weighted by Crippen LogP contribution is 2.23. The van der Waals surface area contributed by atoms with Crippen LogP contribution in [-0.4, -0.2) is 41.0 Å². The van der Waals surface area contributed by atoms with Gasteiger partial charge in [0.2, 0.25) is 0 Å². The lowest BCUT2D eigenvalue weighted by Crippen LogP contribution is -2.39. The molecule has 4 aromatic rings. The first-order valence-corrected chi connectivity index (χ1v) is 11.4. The zero-order valence-electron chi connectivity index (χ0n) is 18.4. The Morgan fingerprint density at radius 3 is 2.55 bits per heavy atom. The molecule has 33 heavy (non-hydrogen) atoms. The predicted octanol–water partition coefficient (Wildman–Crippen LogP) is 3.13. The first-order valence-electron chi connectivity index (χ1n) is 10.5. The number of nitrogen functional groups attached to an aromatic ring is 1. The van der Waals surface area contributed by atoms with Crippen LogP contribution >= 0.6 is 11.3 Å². The molecule has 1 unspecified atom stereocenters. The monoisotopic (exact) mass is 463 g/mol. The summed E-state index contributed by atoms with van der Waals surface area (Å²) in [6.07, 6.45) is 0.555. The molecule has 4 N–H and O–H groups in total. The Bertz CT molecular complexity index is 1400. The molecule has 1 amide bonds. The molecule has 0 saturated carbocycles. The fourth-order valence-corrected chi connectivity index (χ4v) is 4.51. The third-order valence-corrected chi connectivity index (χ3v) is 6.37. The van der Waals surface area contributed by atoms with E-state index in [1.165, 1.54) is 15.9 Å². The quantitative estimate of drug-likeness (QED) is 0.365. The number of benzene rings is 2. The standard InChI is InChI=1S/C24H25N5O3S/c1-28(2)13-11-20(29-23(31)21-19(12-14-33-21)27-24(29)32)15-7-9-16(10-8-15)22(30)26-18-6-4-3-5-17(18)25/h3-10,12,14,20H,11,13,25H2,1-2H3,(H,26,30)(H,27,32). The number of para-hydroxylation sites is 2. The molecule has 0 aliphatic rings. The second-order valence-corrected chi connectivity index (χ2v) is 8.96. The molecule has 2 aromatic carbocycles. The van der Waals surface area contributed by atoms with Crippen molar-refractivity contribution >= 4 is 38.8 Å². The summed E-state index contributed by atoms with van der Waals surface area (Å²) in [5, 5.41) is 4.59. The van der Waals surface area contributed by atoms with Gasteiger partial charge in [-0.25, -0.2) is 4.79 Å². The lowest BCUT2D eigenvalue weighted by Gasteiger charge is -2.21. The van der Waals surface area contributed by atoms with Crippen LogP contribution in [0.1, 0.15) is 28.4 Å². The molecule has 0 spiro atoms. The minimum Gasteiger partial charge on any atom is -0.397 e. The van der Waals surface area contributed by atoms with Gasteiger partial charge in [0.25, 0.3) is 11.5 Å². The van der Waals surface area contributed by atoms with Crippen LogP contribution in [-0.2, 0) is 0 Å². The summed E-state index contributed by atoms with van der Waals surface area (Å²) in [5.74, 6) is -0.292. The summed E-state index contributed by atoms with van der Waals surface area (Å²) in [5.41, 5.74) is 7.94. The average Bonchev–Trinajstić information content (AvgIpc) is 3.26. The van der Waals surface area contributed by atoms with Gasteiger partial charge in [0.1, 0.15) is 4.70 Å². The van der Waals surface area contributed by atoms with Crippen LogP contribution in [0.15, 0.2) is 69.6 Å². The second-order valence-electron chi connectivity index (χ2n) is 8.04. The van der Waals surface area contributed by atoms with Crippen LogP contribution < -0.4 is 22.3 Å². The van der Waals surface area contributed by atoms with Crippen molar-refractivity contribution in [1.29, 1.82) is 0 Å². The number of nitrogens with one attached hydrogen (secondary N) is 2. The van der Waals surface area contributed by atoms with E-state index >= 15 is 0 Å². The van der Waals surface area contributed by atoms with E-state index in [2.05, 4.69) is 10.3 Å². The number of H-pyrrole nitrogens is 1. The van der Waals surface area contributed by atoms with Crippen molar-refractivity contribution in [3.05, 3.63) is 91.9 Å². The third kappa shape index (κ3) is 4.74. The Labute approximate surface area is 194 Å². The maximum absolute atomic E-state index is 13.1. The van der Waals surface area contributed by atoms with E-state index in [0.717, 1.165) is 5.56 Å². The van der Waals surface area contributed by atoms with Gasteiger partial charge in [-0.15, -0.1) is 11.3 Å². The van der Waals surface area contributed by atoms with E-state index < -0.39 is 11.7 Å². The Balaban J connectivity index is 1.68. The summed E-state index contributed by atoms with van der Waals surface area (Å²) < 4.78 is 1.79. The molecule has 0 fully saturated rings. The number of hydrogen-bond donors (Lipinski definition) is 3. The van der Waals surface area contributed by atoms with Crippen LogP contribution in [0.3, 0.4) is 0 Å². The van der Waals surface area contributed by atoms with E-state index in [1.807, 2.05) is 19.0 Å². The van der Waals surface area contributed by atoms with Gasteiger partial charge in [-0.3, -0.25) is 14.2 Å². The molecule has 2 aromatic heterocycles. The molecule has 0 bridgehead atoms. The van der Waals surface area contributed by atoms with Crippen molar-refractivity contribution in [2.75, 3.05) is 31.7 Å². The number of aromatic nitrogens is 2. The molecule has 0 aliphatic heterocycles. The zero-order chi connectivity index (χ0) is 23.5. The molecule has 4 rings (SSSR count). The fourth-order valence-electron chi connectivity index (χ4n) is 3.72. The summed E-state index contributed by atoms with van der Waals surface area (Å²) in [7, 11) is 3.88. The van der Waals surface area contributed by atoms with E-state index in [9.17, 15) is 14.4 Å². The van der Waals surface area contributed by atoms with Gasteiger partial charge in [-0.05, 0) is 68.3 Å². The number of hydrogen-bond acceptors (Lipinski definition) is 6. The highest BCUT2D eigenvalue weighted by molar-refractivity contribution is 7.17. The number of fused-ring (bicyclic) bond motifs is 1. The largest absolute Gasteiger partial charge is 0.397 e. The minimum absolute atomic E-state index is 0.292. The van der Waals surface area contributed by atoms with Gasteiger partial charge < -0.3 is 20.9 Å². The normalized spacial score (nSPS) is 12.2. The van der Waals surface area contributed by atoms with Gasteiger partial charge in [-0.1, -0.05) is 24.3 Å². The Morgan fingerprint density at radius 1 is 1.12 bits per heavy atom. The van der Waals surface area contributed by atoms with Crippen LogP contribution in [0.4, 0.5) is 11.4 Å². The van der Waals surface area contributed by atoms with Crippen molar-refractivity contribution in [3.8, 4) is 0 Å². The number of anilines is 2. The highest BCUT2D eigenvalue weighted by atomic mass is 32.1. The lowest BCUT2D eigenvalue weighted by molar-refractivity contribution is 0.102. The van der Waals surface area contributed by atoms with Crippen LogP contribution in [0.5, 0.6) is 0 Å². The number of nitrogens with two attached hydrogens (primary N) is 1. The molecule has 9 heteroatoms. The summed E-state index contributed by atoms with van der Waals surface area (Å²) in [6.45, 7) is 0.675. The predicted molar refractivity (Wildman–Crippen MR) is 133 cm³/mol. The van der Waals surface area contributed by atoms with E-state index in [4.69, 9.17) is 5.73 Å². The number of nitrogens with zero attached hydrogens (tertiary/aromatic N) is 2. The molecule has 170 valence electrons. The number of carbonyl (C=O) groups excluding carboxylic acids is 1. The SMILES string of the molecule is CN(C)CCC(c1ccc(C(=O)Nc2ccccc2N)cc1)n1c(=O)[nH]c2ccsc2c1=O. The number of carbonyl (C=O) groups is 1. The molecule has 0 aliphatic carbocycles. The smallest absolute Gasteiger partial charge is 0.329 e. The molecule has 8 nitrogen and oxygen atoms in total. The second kappa shape index (κ2) is 9.43. The van der Waals surface area contributed by atoms with E-state index in [0.29, 0.717) is 40.1 Å². The Hall–Kier alpha value is -3.69. The van der Waals surface area contributed by atoms with Gasteiger partial charge in [0.05, 0.1) is 22.9 Å². The lowest BCUT2D eigenvalue weighted by atomic mass is 10.0. The maximum atomic E-state index is 13.1. The molecule has 1 atom stereocenters. The number of thiophene rings is 1. The fraction of sp³-hybridized carbons (Fsp3) is 0.208. The first-order chi connectivity index (χ1) is 15.8. The molecule has 0 radical (unpaired) electrons. The molecular formula is C24H25N5O3S. The molecule has 0 saturated heterocycles. The van der Waals surface area contributed by atoms with Crippen molar-refractivity contribution in [2.45, 2.75) is 12.5 Å². The number of amides is 1. The van der Waals surface area contributed by atoms with Gasteiger partial charge in [0, 0.05) is 5.56 Å². The zero-order valence-corrected chi connectivity index (χ0v) is 19.2. The highest BCUT2D eigenvalue weighted by Gasteiger charge is 2.21. The maximum Gasteiger partial charge on any atom is 0.329 e. The van der Waals surface area contributed by atoms with Crippen molar-refractivity contribution in [1.82, 2.24) is 14.5 Å². The topological polar surface area (TPSA) is 113 Å². The summed E-state index contributed by atoms with van der Waals surface area (Å²) in [6, 6.07) is 15.2. The van der Waals surface area contributed by atoms with Crippen molar-refractivity contribution < 1.29 is 4.79 Å². The van der Waals surface area contributed by atoms with Gasteiger partial charge >= 0.3 is 5.69 Å². The minimum atomic E-state index is -0.475. The van der Waals surface area contributed by atoms with Crippen molar-refractivity contribution in [3.63, 3.8) is 0 Å². The first kappa shape index (κ1) is 22.5. The number of aromatic amines is 1. The Morgan fingerprint density at radius 2 is 1.85 bits per heavy atom. The summed E-state index contributed by atoms with van der Waals surface area (Å²) in [4.78, 5) is 43.5. The van der Waals surface area contributed by atoms with Crippen LogP contribution in [0.2, 0.25) is 0 Å². The molecule has 2 heterocycles. The molecular weight excluding hydrogens is 438 g/mol. The Kier molecular flexibility index (Phi) is 6.43. The average molecular weight is 464 g/mol. The van der Waals surface area contributed by atoms with Gasteiger partial charge in [0.15, 0.2) is 0 Å². The van der Waals surface area contributed by atoms with E-state index in [1.54, 1.807) is 60.0 Å².